The first-order valence-electron chi connectivity index (χ1n) is 11.6. The number of para-hydroxylation sites is 2. The molecular formula is C27H33N3O4. The highest BCUT2D eigenvalue weighted by molar-refractivity contribution is 6.01. The van der Waals surface area contributed by atoms with Gasteiger partial charge in [0.1, 0.15) is 5.75 Å². The molecule has 0 aromatic heterocycles. The molecule has 7 nitrogen and oxygen atoms in total. The predicted molar refractivity (Wildman–Crippen MR) is 133 cm³/mol. The van der Waals surface area contributed by atoms with Crippen molar-refractivity contribution in [3.05, 3.63) is 65.4 Å². The normalized spacial score (nSPS) is 19.0. The molecule has 0 fully saturated rings. The van der Waals surface area contributed by atoms with E-state index in [-0.39, 0.29) is 23.7 Å². The lowest BCUT2D eigenvalue weighted by Gasteiger charge is -2.38. The highest BCUT2D eigenvalue weighted by Gasteiger charge is 2.41. The third-order valence-corrected chi connectivity index (χ3v) is 6.36. The van der Waals surface area contributed by atoms with Crippen LogP contribution in [0.25, 0.3) is 0 Å². The Labute approximate surface area is 201 Å². The van der Waals surface area contributed by atoms with E-state index in [2.05, 4.69) is 24.5 Å². The Bertz CT molecular complexity index is 1110. The number of ketones is 1. The van der Waals surface area contributed by atoms with Crippen molar-refractivity contribution in [3.8, 4) is 5.75 Å². The zero-order valence-corrected chi connectivity index (χ0v) is 20.3. The number of hydrogen-bond donors (Lipinski definition) is 2. The number of allylic oxidation sites excluding steroid dienone is 1. The van der Waals surface area contributed by atoms with Crippen molar-refractivity contribution in [1.29, 1.82) is 0 Å². The minimum Gasteiger partial charge on any atom is -0.497 e. The van der Waals surface area contributed by atoms with Gasteiger partial charge in [0.05, 0.1) is 37.7 Å². The number of ether oxygens (including phenoxy) is 2. The molecule has 1 heterocycles. The van der Waals surface area contributed by atoms with E-state index in [0.29, 0.717) is 30.9 Å². The van der Waals surface area contributed by atoms with Crippen LogP contribution in [0.4, 0.5) is 11.4 Å². The highest BCUT2D eigenvalue weighted by atomic mass is 16.5. The van der Waals surface area contributed by atoms with E-state index in [1.165, 1.54) is 0 Å². The second-order valence-electron chi connectivity index (χ2n) is 9.63. The lowest BCUT2D eigenvalue weighted by Crippen LogP contribution is -2.42. The summed E-state index contributed by atoms with van der Waals surface area (Å²) in [6, 6.07) is 15.2. The minimum absolute atomic E-state index is 0.0950. The molecule has 1 unspecified atom stereocenters. The summed E-state index contributed by atoms with van der Waals surface area (Å²) in [6.07, 6.45) is 1.20. The molecule has 0 bridgehead atoms. The molecule has 1 aliphatic carbocycles. The van der Waals surface area contributed by atoms with Gasteiger partial charge >= 0.3 is 0 Å². The van der Waals surface area contributed by atoms with Crippen molar-refractivity contribution in [2.24, 2.45) is 5.41 Å². The SMILES string of the molecule is COCCNC(=O)CN1c2ccccc2NC2=C(C(=O)CC(C)(C)C2)C1c1cccc(OC)c1. The average molecular weight is 464 g/mol. The van der Waals surface area contributed by atoms with Crippen LogP contribution in [0.5, 0.6) is 5.75 Å². The maximum Gasteiger partial charge on any atom is 0.239 e. The Balaban J connectivity index is 1.87. The van der Waals surface area contributed by atoms with Gasteiger partial charge in [-0.25, -0.2) is 0 Å². The van der Waals surface area contributed by atoms with Crippen LogP contribution in [-0.4, -0.2) is 45.6 Å². The highest BCUT2D eigenvalue weighted by Crippen LogP contribution is 2.48. The van der Waals surface area contributed by atoms with Crippen molar-refractivity contribution in [2.45, 2.75) is 32.7 Å². The van der Waals surface area contributed by atoms with Crippen LogP contribution < -0.4 is 20.3 Å². The molecule has 1 amide bonds. The number of anilines is 2. The molecule has 4 rings (SSSR count). The largest absolute Gasteiger partial charge is 0.497 e. The maximum atomic E-state index is 13.7. The smallest absolute Gasteiger partial charge is 0.239 e. The van der Waals surface area contributed by atoms with E-state index >= 15 is 0 Å². The summed E-state index contributed by atoms with van der Waals surface area (Å²) in [4.78, 5) is 28.7. The number of benzene rings is 2. The van der Waals surface area contributed by atoms with Crippen molar-refractivity contribution in [1.82, 2.24) is 5.32 Å². The number of nitrogens with one attached hydrogen (secondary N) is 2. The van der Waals surface area contributed by atoms with Crippen LogP contribution in [0.3, 0.4) is 0 Å². The fraction of sp³-hybridized carbons (Fsp3) is 0.407. The van der Waals surface area contributed by atoms with E-state index < -0.39 is 6.04 Å². The van der Waals surface area contributed by atoms with Gasteiger partial charge in [-0.05, 0) is 41.7 Å². The first-order chi connectivity index (χ1) is 16.3. The van der Waals surface area contributed by atoms with Gasteiger partial charge in [0.15, 0.2) is 5.78 Å². The van der Waals surface area contributed by atoms with E-state index in [9.17, 15) is 9.59 Å². The summed E-state index contributed by atoms with van der Waals surface area (Å²) < 4.78 is 10.6. The van der Waals surface area contributed by atoms with E-state index in [4.69, 9.17) is 9.47 Å². The molecule has 0 saturated heterocycles. The van der Waals surface area contributed by atoms with Crippen LogP contribution in [-0.2, 0) is 14.3 Å². The van der Waals surface area contributed by atoms with Gasteiger partial charge in [-0.15, -0.1) is 0 Å². The van der Waals surface area contributed by atoms with Crippen LogP contribution in [0.15, 0.2) is 59.8 Å². The second kappa shape index (κ2) is 9.89. The number of carbonyl (C=O) groups excluding carboxylic acids is 2. The van der Waals surface area contributed by atoms with E-state index in [1.807, 2.05) is 53.4 Å². The molecule has 0 radical (unpaired) electrons. The molecule has 0 saturated carbocycles. The third-order valence-electron chi connectivity index (χ3n) is 6.36. The zero-order valence-electron chi connectivity index (χ0n) is 20.3. The van der Waals surface area contributed by atoms with Crippen LogP contribution in [0.2, 0.25) is 0 Å². The number of fused-ring (bicyclic) bond motifs is 1. The van der Waals surface area contributed by atoms with Crippen molar-refractivity contribution in [3.63, 3.8) is 0 Å². The Morgan fingerprint density at radius 1 is 1.15 bits per heavy atom. The second-order valence-corrected chi connectivity index (χ2v) is 9.63. The van der Waals surface area contributed by atoms with Gasteiger partial charge in [-0.2, -0.15) is 0 Å². The molecule has 34 heavy (non-hydrogen) atoms. The molecular weight excluding hydrogens is 430 g/mol. The number of nitrogens with zero attached hydrogens (tertiary/aromatic N) is 1. The number of rotatable bonds is 7. The predicted octanol–water partition coefficient (Wildman–Crippen LogP) is 4.07. The summed E-state index contributed by atoms with van der Waals surface area (Å²) in [5.74, 6) is 0.676. The lowest BCUT2D eigenvalue weighted by molar-refractivity contribution is -0.121. The standard InChI is InChI=1S/C27H33N3O4/c1-27(2)15-21-25(23(31)16-27)26(18-8-7-9-19(14-18)34-4)30(17-24(32)28-12-13-33-3)22-11-6-5-10-20(22)29-21/h5-11,14,26,29H,12-13,15-17H2,1-4H3,(H,28,32). The van der Waals surface area contributed by atoms with Gasteiger partial charge in [0.2, 0.25) is 5.91 Å². The number of hydrogen-bond acceptors (Lipinski definition) is 6. The summed E-state index contributed by atoms with van der Waals surface area (Å²) in [7, 11) is 3.23. The average Bonchev–Trinajstić information content (AvgIpc) is 2.93. The monoisotopic (exact) mass is 463 g/mol. The zero-order chi connectivity index (χ0) is 24.3. The Morgan fingerprint density at radius 3 is 2.71 bits per heavy atom. The van der Waals surface area contributed by atoms with Crippen LogP contribution in [0, 0.1) is 5.41 Å². The summed E-state index contributed by atoms with van der Waals surface area (Å²) in [6.45, 7) is 5.20. The van der Waals surface area contributed by atoms with Crippen molar-refractivity contribution in [2.75, 3.05) is 44.1 Å². The van der Waals surface area contributed by atoms with E-state index in [1.54, 1.807) is 14.2 Å². The summed E-state index contributed by atoms with van der Waals surface area (Å²) in [5.41, 5.74) is 4.15. The molecule has 2 aromatic rings. The summed E-state index contributed by atoms with van der Waals surface area (Å²) in [5, 5.41) is 6.49. The molecule has 2 aromatic carbocycles. The summed E-state index contributed by atoms with van der Waals surface area (Å²) >= 11 is 0. The molecule has 180 valence electrons. The molecule has 1 aliphatic heterocycles. The Kier molecular flexibility index (Phi) is 6.93. The minimum atomic E-state index is -0.432. The number of amides is 1. The number of carbonyl (C=O) groups is 2. The number of Topliss-reactive ketones (excluding diaryl/α,β-unsaturated/α-hetero) is 1. The van der Waals surface area contributed by atoms with Gasteiger partial charge in [0.25, 0.3) is 0 Å². The topological polar surface area (TPSA) is 79.9 Å². The maximum absolute atomic E-state index is 13.7. The Hall–Kier alpha value is -3.32. The van der Waals surface area contributed by atoms with Gasteiger partial charge < -0.3 is 25.0 Å². The molecule has 2 N–H and O–H groups in total. The quantitative estimate of drug-likeness (QED) is 0.603. The first-order valence-corrected chi connectivity index (χ1v) is 11.6. The molecule has 2 aliphatic rings. The molecule has 0 spiro atoms. The Morgan fingerprint density at radius 2 is 1.94 bits per heavy atom. The number of methoxy groups -OCH3 is 2. The lowest BCUT2D eigenvalue weighted by atomic mass is 9.73. The van der Waals surface area contributed by atoms with E-state index in [0.717, 1.165) is 29.1 Å². The third kappa shape index (κ3) is 4.94. The van der Waals surface area contributed by atoms with Crippen molar-refractivity contribution >= 4 is 23.1 Å². The van der Waals surface area contributed by atoms with Crippen LogP contribution >= 0.6 is 0 Å². The van der Waals surface area contributed by atoms with Gasteiger partial charge in [0, 0.05) is 31.3 Å². The van der Waals surface area contributed by atoms with Crippen LogP contribution in [0.1, 0.15) is 38.3 Å². The fourth-order valence-corrected chi connectivity index (χ4v) is 4.89. The first kappa shape index (κ1) is 23.8. The fourth-order valence-electron chi connectivity index (χ4n) is 4.89. The van der Waals surface area contributed by atoms with Gasteiger partial charge in [-0.1, -0.05) is 38.1 Å². The van der Waals surface area contributed by atoms with Gasteiger partial charge in [-0.3, -0.25) is 9.59 Å². The molecule has 1 atom stereocenters. The van der Waals surface area contributed by atoms with Crippen molar-refractivity contribution < 1.29 is 19.1 Å². The molecule has 7 heteroatoms.